The van der Waals surface area contributed by atoms with Crippen LogP contribution in [0.3, 0.4) is 0 Å². The quantitative estimate of drug-likeness (QED) is 0.491. The minimum atomic E-state index is 1.07. The van der Waals surface area contributed by atoms with E-state index in [1.165, 1.54) is 32.9 Å². The summed E-state index contributed by atoms with van der Waals surface area (Å²) in [5.74, 6) is 0. The van der Waals surface area contributed by atoms with Gasteiger partial charge in [-0.05, 0) is 18.6 Å². The van der Waals surface area contributed by atoms with E-state index in [9.17, 15) is 0 Å². The summed E-state index contributed by atoms with van der Waals surface area (Å²) in [5.41, 5.74) is 5.93. The van der Waals surface area contributed by atoms with E-state index in [4.69, 9.17) is 4.98 Å². The predicted molar refractivity (Wildman–Crippen MR) is 88.4 cm³/mol. The largest absolute Gasteiger partial charge is 0.342 e. The molecule has 4 rings (SSSR count). The molecule has 0 spiro atoms. The van der Waals surface area contributed by atoms with Gasteiger partial charge in [0.2, 0.25) is 0 Å². The maximum absolute atomic E-state index is 4.71. The number of para-hydroxylation sites is 1. The van der Waals surface area contributed by atoms with E-state index in [0.29, 0.717) is 0 Å². The van der Waals surface area contributed by atoms with E-state index < -0.39 is 0 Å². The van der Waals surface area contributed by atoms with Crippen LogP contribution in [-0.4, -0.2) is 9.55 Å². The first kappa shape index (κ1) is 12.2. The first-order valence-electron chi connectivity index (χ1n) is 7.15. The zero-order chi connectivity index (χ0) is 14.4. The third-order valence-corrected chi connectivity index (χ3v) is 4.25. The van der Waals surface area contributed by atoms with E-state index in [0.717, 1.165) is 5.69 Å². The van der Waals surface area contributed by atoms with Crippen LogP contribution in [0.1, 0.15) is 5.56 Å². The van der Waals surface area contributed by atoms with Crippen molar-refractivity contribution in [2.45, 2.75) is 6.92 Å². The van der Waals surface area contributed by atoms with Gasteiger partial charge in [0.1, 0.15) is 0 Å². The van der Waals surface area contributed by atoms with Crippen LogP contribution >= 0.6 is 0 Å². The van der Waals surface area contributed by atoms with Gasteiger partial charge in [-0.25, -0.2) is 0 Å². The van der Waals surface area contributed by atoms with Crippen LogP contribution in [0.15, 0.2) is 60.8 Å². The summed E-state index contributed by atoms with van der Waals surface area (Å²) in [6, 6.07) is 18.9. The van der Waals surface area contributed by atoms with Crippen molar-refractivity contribution < 1.29 is 0 Å². The molecule has 0 unspecified atom stereocenters. The molecule has 0 radical (unpaired) electrons. The van der Waals surface area contributed by atoms with Crippen LogP contribution in [0.2, 0.25) is 0 Å². The Balaban J connectivity index is 2.14. The molecule has 0 fully saturated rings. The van der Waals surface area contributed by atoms with Gasteiger partial charge in [0.25, 0.3) is 0 Å². The molecule has 21 heavy (non-hydrogen) atoms. The maximum atomic E-state index is 4.71. The van der Waals surface area contributed by atoms with Crippen LogP contribution in [0.5, 0.6) is 0 Å². The number of fused-ring (bicyclic) bond motifs is 3. The first-order chi connectivity index (χ1) is 10.3. The molecule has 2 heteroatoms. The summed E-state index contributed by atoms with van der Waals surface area (Å²) < 4.78 is 2.22. The third-order valence-electron chi connectivity index (χ3n) is 4.25. The van der Waals surface area contributed by atoms with Gasteiger partial charge < -0.3 is 4.57 Å². The normalized spacial score (nSPS) is 11.3. The Morgan fingerprint density at radius 3 is 2.38 bits per heavy atom. The van der Waals surface area contributed by atoms with Crippen LogP contribution in [0.4, 0.5) is 0 Å². The van der Waals surface area contributed by atoms with Crippen molar-refractivity contribution >= 4 is 21.8 Å². The highest BCUT2D eigenvalue weighted by Crippen LogP contribution is 2.34. The molecule has 2 aromatic heterocycles. The number of aromatic nitrogens is 2. The van der Waals surface area contributed by atoms with Crippen molar-refractivity contribution in [3.63, 3.8) is 0 Å². The fourth-order valence-electron chi connectivity index (χ4n) is 3.19. The Kier molecular flexibility index (Phi) is 2.58. The van der Waals surface area contributed by atoms with E-state index >= 15 is 0 Å². The molecule has 0 atom stereocenters. The number of benzene rings is 2. The zero-order valence-electron chi connectivity index (χ0n) is 12.2. The van der Waals surface area contributed by atoms with Gasteiger partial charge in [-0.3, -0.25) is 4.98 Å². The molecule has 0 saturated carbocycles. The summed E-state index contributed by atoms with van der Waals surface area (Å²) in [7, 11) is 2.11. The van der Waals surface area contributed by atoms with Gasteiger partial charge in [0.05, 0.1) is 17.4 Å². The fraction of sp³-hybridized carbons (Fsp3) is 0.105. The number of aryl methyl sites for hydroxylation is 2. The van der Waals surface area contributed by atoms with Gasteiger partial charge in [-0.15, -0.1) is 0 Å². The van der Waals surface area contributed by atoms with Crippen molar-refractivity contribution in [2.24, 2.45) is 7.05 Å². The number of nitrogens with zero attached hydrogens (tertiary/aromatic N) is 2. The number of pyridine rings is 1. The molecular weight excluding hydrogens is 256 g/mol. The average molecular weight is 272 g/mol. The summed E-state index contributed by atoms with van der Waals surface area (Å²) in [4.78, 5) is 4.71. The lowest BCUT2D eigenvalue weighted by Crippen LogP contribution is -1.92. The molecule has 0 amide bonds. The van der Waals surface area contributed by atoms with Crippen LogP contribution < -0.4 is 0 Å². The second-order valence-corrected chi connectivity index (χ2v) is 5.43. The first-order valence-corrected chi connectivity index (χ1v) is 7.15. The van der Waals surface area contributed by atoms with Crippen molar-refractivity contribution in [3.8, 4) is 11.3 Å². The molecule has 0 aliphatic heterocycles. The number of hydrogen-bond acceptors (Lipinski definition) is 1. The topological polar surface area (TPSA) is 17.8 Å². The van der Waals surface area contributed by atoms with Crippen LogP contribution in [-0.2, 0) is 7.05 Å². The van der Waals surface area contributed by atoms with E-state index in [2.05, 4.69) is 67.1 Å². The molecule has 0 aliphatic carbocycles. The van der Waals surface area contributed by atoms with Crippen molar-refractivity contribution in [2.75, 3.05) is 0 Å². The SMILES string of the molecule is Cc1c(-c2ccccc2)ncc2c1c1ccccc1n2C. The molecule has 0 N–H and O–H groups in total. The Bertz CT molecular complexity index is 950. The number of hydrogen-bond donors (Lipinski definition) is 0. The average Bonchev–Trinajstić information content (AvgIpc) is 2.83. The monoisotopic (exact) mass is 272 g/mol. The maximum Gasteiger partial charge on any atom is 0.0738 e. The Labute approximate surface area is 123 Å². The van der Waals surface area contributed by atoms with E-state index in [1.807, 2.05) is 12.3 Å². The summed E-state index contributed by atoms with van der Waals surface area (Å²) in [5, 5.41) is 2.61. The van der Waals surface area contributed by atoms with Crippen molar-refractivity contribution in [1.29, 1.82) is 0 Å². The molecule has 2 nitrogen and oxygen atoms in total. The van der Waals surface area contributed by atoms with Crippen molar-refractivity contribution in [1.82, 2.24) is 9.55 Å². The van der Waals surface area contributed by atoms with Crippen molar-refractivity contribution in [3.05, 3.63) is 66.4 Å². The lowest BCUT2D eigenvalue weighted by Gasteiger charge is -2.07. The Morgan fingerprint density at radius 2 is 1.57 bits per heavy atom. The van der Waals surface area contributed by atoms with Gasteiger partial charge in [0, 0.05) is 28.9 Å². The summed E-state index contributed by atoms with van der Waals surface area (Å²) >= 11 is 0. The molecule has 0 aliphatic rings. The Morgan fingerprint density at radius 1 is 0.857 bits per heavy atom. The molecule has 0 bridgehead atoms. The zero-order valence-corrected chi connectivity index (χ0v) is 12.2. The van der Waals surface area contributed by atoms with Gasteiger partial charge >= 0.3 is 0 Å². The van der Waals surface area contributed by atoms with E-state index in [-0.39, 0.29) is 0 Å². The second kappa shape index (κ2) is 4.45. The summed E-state index contributed by atoms with van der Waals surface area (Å²) in [6.45, 7) is 2.17. The minimum absolute atomic E-state index is 1.07. The molecular formula is C19H16N2. The second-order valence-electron chi connectivity index (χ2n) is 5.43. The van der Waals surface area contributed by atoms with E-state index in [1.54, 1.807) is 0 Å². The molecule has 4 aromatic rings. The Hall–Kier alpha value is -2.61. The third kappa shape index (κ3) is 1.69. The summed E-state index contributed by atoms with van der Waals surface area (Å²) in [6.07, 6.45) is 1.99. The standard InChI is InChI=1S/C19H16N2/c1-13-18-15-10-6-7-11-16(15)21(2)17(18)12-20-19(13)14-8-4-3-5-9-14/h3-12H,1-2H3. The fourth-order valence-corrected chi connectivity index (χ4v) is 3.19. The highest BCUT2D eigenvalue weighted by atomic mass is 14.9. The van der Waals surface area contributed by atoms with Gasteiger partial charge in [0.15, 0.2) is 0 Å². The van der Waals surface area contributed by atoms with Crippen LogP contribution in [0.25, 0.3) is 33.1 Å². The molecule has 2 heterocycles. The smallest absolute Gasteiger partial charge is 0.0738 e. The van der Waals surface area contributed by atoms with Gasteiger partial charge in [-0.2, -0.15) is 0 Å². The lowest BCUT2D eigenvalue weighted by molar-refractivity contribution is 1.01. The van der Waals surface area contributed by atoms with Gasteiger partial charge in [-0.1, -0.05) is 48.5 Å². The molecule has 102 valence electrons. The molecule has 0 saturated heterocycles. The predicted octanol–water partition coefficient (Wildman–Crippen LogP) is 4.70. The minimum Gasteiger partial charge on any atom is -0.342 e. The lowest BCUT2D eigenvalue weighted by atomic mass is 10.0. The van der Waals surface area contributed by atoms with Crippen LogP contribution in [0, 0.1) is 6.92 Å². The molecule has 2 aromatic carbocycles. The number of rotatable bonds is 1. The highest BCUT2D eigenvalue weighted by molar-refractivity contribution is 6.10. The highest BCUT2D eigenvalue weighted by Gasteiger charge is 2.14.